The minimum absolute atomic E-state index is 0.00392. The van der Waals surface area contributed by atoms with Crippen LogP contribution in [-0.2, 0) is 6.18 Å². The molecule has 0 aliphatic rings. The van der Waals surface area contributed by atoms with Gasteiger partial charge in [-0.15, -0.1) is 0 Å². The molecule has 0 N–H and O–H groups in total. The van der Waals surface area contributed by atoms with Crippen LogP contribution in [0, 0.1) is 5.82 Å². The molecule has 3 nitrogen and oxygen atoms in total. The van der Waals surface area contributed by atoms with E-state index in [1.54, 1.807) is 30.3 Å². The van der Waals surface area contributed by atoms with Crippen LogP contribution in [0.15, 0.2) is 66.7 Å². The number of methoxy groups -OCH3 is 1. The van der Waals surface area contributed by atoms with Gasteiger partial charge in [-0.05, 0) is 48.5 Å². The Morgan fingerprint density at radius 3 is 2.14 bits per heavy atom. The lowest BCUT2D eigenvalue weighted by molar-refractivity contribution is -0.140. The molecule has 0 aliphatic carbocycles. The Hall–Kier alpha value is -3.35. The molecule has 0 atom stereocenters. The van der Waals surface area contributed by atoms with E-state index < -0.39 is 28.9 Å². The van der Waals surface area contributed by atoms with E-state index in [0.29, 0.717) is 17.6 Å². The van der Waals surface area contributed by atoms with Crippen molar-refractivity contribution < 1.29 is 31.8 Å². The normalized spacial score (nSPS) is 11.2. The Morgan fingerprint density at radius 1 is 0.857 bits per heavy atom. The second kappa shape index (κ2) is 7.72. The minimum Gasteiger partial charge on any atom is -0.497 e. The van der Waals surface area contributed by atoms with Crippen molar-refractivity contribution in [3.63, 3.8) is 0 Å². The van der Waals surface area contributed by atoms with Crippen molar-refractivity contribution in [2.75, 3.05) is 7.11 Å². The number of ketones is 1. The van der Waals surface area contributed by atoms with Crippen molar-refractivity contribution in [3.05, 3.63) is 89.2 Å². The first kappa shape index (κ1) is 19.4. The minimum atomic E-state index is -4.89. The monoisotopic (exact) mass is 390 g/mol. The van der Waals surface area contributed by atoms with Crippen LogP contribution >= 0.6 is 0 Å². The first-order valence-corrected chi connectivity index (χ1v) is 8.12. The standard InChI is InChI=1S/C21H14F4O3/c1-27-14-8-10-15(11-9-14)28-16-5-2-4-13(12-16)20(26)17-6-3-7-18(19(17)22)21(23,24)25/h2-12H,1H3. The predicted octanol–water partition coefficient (Wildman–Crippen LogP) is 5.88. The van der Waals surface area contributed by atoms with Gasteiger partial charge in [-0.3, -0.25) is 4.79 Å². The third kappa shape index (κ3) is 4.14. The number of ether oxygens (including phenoxy) is 2. The summed E-state index contributed by atoms with van der Waals surface area (Å²) in [6, 6.07) is 15.1. The molecule has 0 heterocycles. The van der Waals surface area contributed by atoms with E-state index in [9.17, 15) is 22.4 Å². The molecule has 3 aromatic rings. The zero-order valence-corrected chi connectivity index (χ0v) is 14.6. The number of hydrogen-bond acceptors (Lipinski definition) is 3. The summed E-state index contributed by atoms with van der Waals surface area (Å²) < 4.78 is 63.5. The van der Waals surface area contributed by atoms with Crippen molar-refractivity contribution in [1.29, 1.82) is 0 Å². The van der Waals surface area contributed by atoms with Gasteiger partial charge in [-0.2, -0.15) is 13.2 Å². The van der Waals surface area contributed by atoms with E-state index in [4.69, 9.17) is 9.47 Å². The van der Waals surface area contributed by atoms with Crippen LogP contribution in [0.5, 0.6) is 17.2 Å². The van der Waals surface area contributed by atoms with Crippen LogP contribution in [0.4, 0.5) is 17.6 Å². The van der Waals surface area contributed by atoms with Crippen molar-refractivity contribution in [3.8, 4) is 17.2 Å². The highest BCUT2D eigenvalue weighted by Crippen LogP contribution is 2.33. The Kier molecular flexibility index (Phi) is 5.35. The first-order chi connectivity index (χ1) is 13.3. The molecular formula is C21H14F4O3. The van der Waals surface area contributed by atoms with Crippen LogP contribution in [0.2, 0.25) is 0 Å². The Morgan fingerprint density at radius 2 is 1.50 bits per heavy atom. The average molecular weight is 390 g/mol. The Labute approximate surface area is 158 Å². The van der Waals surface area contributed by atoms with Crippen molar-refractivity contribution in [1.82, 2.24) is 0 Å². The van der Waals surface area contributed by atoms with Crippen LogP contribution in [0.1, 0.15) is 21.5 Å². The molecule has 0 aliphatic heterocycles. The maximum Gasteiger partial charge on any atom is 0.419 e. The molecule has 0 saturated heterocycles. The SMILES string of the molecule is COc1ccc(Oc2cccc(C(=O)c3cccc(C(F)(F)F)c3F)c2)cc1. The summed E-state index contributed by atoms with van der Waals surface area (Å²) in [5, 5.41) is 0. The fourth-order valence-electron chi connectivity index (χ4n) is 2.56. The van der Waals surface area contributed by atoms with E-state index in [-0.39, 0.29) is 11.3 Å². The summed E-state index contributed by atoms with van der Waals surface area (Å²) in [5.74, 6) is -1.08. The molecule has 144 valence electrons. The molecule has 0 radical (unpaired) electrons. The molecule has 7 heteroatoms. The van der Waals surface area contributed by atoms with E-state index in [1.165, 1.54) is 25.3 Å². The van der Waals surface area contributed by atoms with Gasteiger partial charge in [0, 0.05) is 5.56 Å². The van der Waals surface area contributed by atoms with Gasteiger partial charge in [-0.1, -0.05) is 18.2 Å². The third-order valence-corrected chi connectivity index (χ3v) is 3.94. The quantitative estimate of drug-likeness (QED) is 0.403. The predicted molar refractivity (Wildman–Crippen MR) is 94.3 cm³/mol. The molecular weight excluding hydrogens is 376 g/mol. The highest BCUT2D eigenvalue weighted by molar-refractivity contribution is 6.09. The number of carbonyl (C=O) groups excluding carboxylic acids is 1. The Balaban J connectivity index is 1.88. The van der Waals surface area contributed by atoms with E-state index in [2.05, 4.69) is 0 Å². The number of benzene rings is 3. The first-order valence-electron chi connectivity index (χ1n) is 8.12. The van der Waals surface area contributed by atoms with Crippen molar-refractivity contribution in [2.24, 2.45) is 0 Å². The van der Waals surface area contributed by atoms with E-state index >= 15 is 0 Å². The molecule has 0 spiro atoms. The van der Waals surface area contributed by atoms with Gasteiger partial charge in [0.2, 0.25) is 0 Å². The van der Waals surface area contributed by atoms with Gasteiger partial charge < -0.3 is 9.47 Å². The summed E-state index contributed by atoms with van der Waals surface area (Å²) in [6.45, 7) is 0. The summed E-state index contributed by atoms with van der Waals surface area (Å²) in [6.07, 6.45) is -4.89. The number of carbonyl (C=O) groups is 1. The van der Waals surface area contributed by atoms with Crippen LogP contribution in [-0.4, -0.2) is 12.9 Å². The summed E-state index contributed by atoms with van der Waals surface area (Å²) in [4.78, 5) is 12.6. The van der Waals surface area contributed by atoms with Crippen LogP contribution in [0.25, 0.3) is 0 Å². The largest absolute Gasteiger partial charge is 0.497 e. The fourth-order valence-corrected chi connectivity index (χ4v) is 2.56. The second-order valence-electron chi connectivity index (χ2n) is 5.80. The van der Waals surface area contributed by atoms with E-state index in [1.807, 2.05) is 0 Å². The van der Waals surface area contributed by atoms with Gasteiger partial charge >= 0.3 is 6.18 Å². The van der Waals surface area contributed by atoms with Gasteiger partial charge in [0.05, 0.1) is 18.2 Å². The molecule has 3 aromatic carbocycles. The van der Waals surface area contributed by atoms with Gasteiger partial charge in [-0.25, -0.2) is 4.39 Å². The summed E-state index contributed by atoms with van der Waals surface area (Å²) in [5.41, 5.74) is -2.13. The molecule has 0 fully saturated rings. The molecule has 0 saturated carbocycles. The number of alkyl halides is 3. The van der Waals surface area contributed by atoms with Crippen LogP contribution in [0.3, 0.4) is 0 Å². The Bertz CT molecular complexity index is 995. The summed E-state index contributed by atoms with van der Waals surface area (Å²) >= 11 is 0. The lowest BCUT2D eigenvalue weighted by atomic mass is 10.00. The van der Waals surface area contributed by atoms with Crippen molar-refractivity contribution in [2.45, 2.75) is 6.18 Å². The fraction of sp³-hybridized carbons (Fsp3) is 0.0952. The van der Waals surface area contributed by atoms with E-state index in [0.717, 1.165) is 12.1 Å². The molecule has 28 heavy (non-hydrogen) atoms. The number of hydrogen-bond donors (Lipinski definition) is 0. The highest BCUT2D eigenvalue weighted by Gasteiger charge is 2.35. The third-order valence-electron chi connectivity index (χ3n) is 3.94. The number of halogens is 4. The molecule has 0 unspecified atom stereocenters. The lowest BCUT2D eigenvalue weighted by Gasteiger charge is -2.11. The van der Waals surface area contributed by atoms with Gasteiger partial charge in [0.1, 0.15) is 23.1 Å². The number of rotatable bonds is 5. The summed E-state index contributed by atoms with van der Waals surface area (Å²) in [7, 11) is 1.53. The highest BCUT2D eigenvalue weighted by atomic mass is 19.4. The maximum absolute atomic E-state index is 14.2. The molecule has 0 bridgehead atoms. The lowest BCUT2D eigenvalue weighted by Crippen LogP contribution is -2.13. The topological polar surface area (TPSA) is 35.5 Å². The van der Waals surface area contributed by atoms with Gasteiger partial charge in [0.25, 0.3) is 0 Å². The smallest absolute Gasteiger partial charge is 0.419 e. The zero-order valence-electron chi connectivity index (χ0n) is 14.6. The van der Waals surface area contributed by atoms with Crippen LogP contribution < -0.4 is 9.47 Å². The average Bonchev–Trinajstić information content (AvgIpc) is 2.67. The molecule has 0 amide bonds. The van der Waals surface area contributed by atoms with Crippen molar-refractivity contribution >= 4 is 5.78 Å². The zero-order chi connectivity index (χ0) is 20.3. The molecule has 3 rings (SSSR count). The maximum atomic E-state index is 14.2. The molecule has 0 aromatic heterocycles. The second-order valence-corrected chi connectivity index (χ2v) is 5.80. The van der Waals surface area contributed by atoms with Gasteiger partial charge in [0.15, 0.2) is 5.78 Å².